The zero-order valence-corrected chi connectivity index (χ0v) is 83.8. The van der Waals surface area contributed by atoms with Crippen molar-refractivity contribution in [1.82, 2.24) is 0 Å². The molecule has 22 nitrogen and oxygen atoms in total. The molecule has 1 unspecified atom stereocenters. The predicted octanol–water partition coefficient (Wildman–Crippen LogP) is 22.3. The van der Waals surface area contributed by atoms with Gasteiger partial charge in [-0.1, -0.05) is 165 Å². The molecule has 1 atom stereocenters. The first-order chi connectivity index (χ1) is 59.9. The van der Waals surface area contributed by atoms with E-state index in [0.29, 0.717) is 71.5 Å². The van der Waals surface area contributed by atoms with Crippen LogP contribution in [0.25, 0.3) is 0 Å². The number of aliphatic hydroxyl groups is 6. The molecule has 1 aliphatic heterocycles. The van der Waals surface area contributed by atoms with Crippen LogP contribution in [0.5, 0.6) is 17.2 Å². The number of carboxylic acid groups (broad SMARTS) is 2. The van der Waals surface area contributed by atoms with Gasteiger partial charge in [0.15, 0.2) is 29.4 Å². The average molecular weight is 2310 g/mol. The number of aryl methyl sites for hydroxylation is 2. The van der Waals surface area contributed by atoms with Crippen LogP contribution in [0, 0.1) is 31.0 Å². The summed E-state index contributed by atoms with van der Waals surface area (Å²) in [6, 6.07) is 58.9. The molecule has 11 rings (SSSR count). The molecule has 0 amide bonds. The number of aliphatic hydroxyl groups excluding tert-OH is 6. The number of Topliss-reactive ketones (excluding diaryl/α,β-unsaturated/α-hetero) is 4. The van der Waals surface area contributed by atoms with Crippen LogP contribution in [-0.4, -0.2) is 153 Å². The summed E-state index contributed by atoms with van der Waals surface area (Å²) in [5.41, 5.74) is 15.5. The van der Waals surface area contributed by atoms with Gasteiger partial charge in [0.1, 0.15) is 69.5 Å². The maximum Gasteiger partial charge on any atom is 1.00 e. The van der Waals surface area contributed by atoms with Gasteiger partial charge in [-0.3, -0.25) is 19.2 Å². The standard InChI is InChI=1S/C17H17FO3S.C16H15FO3S.C9H8Br2O2.C9H8BrFO2.C9H9BrO2.C8H7BrO2.C8H10OS.C6H5ClFN.C4H8O2.C2H3N.CH4O.5CH4.Cl2OS.Li.H2O/c1-21-15-4-2-12(3-5-15)11-22-16-7-13(9-18)6-14(8-16)17(20)10-19;1-20-14-4-2-11(3-5-14)10-21-15-7-12(9-17)6-13(8-15)16(18)19;10-4-6-1-7(9(13)5-12)3-8(11)2-6;10-8-2-6(4-11)1-7(3-8)9(13)5-12;1-6-2-7(9(12)5-11)4-8(10)3-6;1-5-2-6(8(10)11)4-7(9)3-5;1-9-8-4-2-7(6-10)3-5-8;7-5-3-4(9)1-2-6(5)8;5-4-2-1-3-6-4;1-2-3;1-2;;;;;;1-4(2)3;;/h2-8,19H,9-11H2,1H3;2-8H,9-10H2,1H3,(H,18,19);2*1-3,12H,4-5H2;2-4,11H,5H2,1H3;2-4H,1H3,(H,10,11);2-5,10H,6H2,1H3;1-3H,9H2;4-5H,1-3H2;1H3;2H,1H3;5*1H4;;;1H2/q;;;;;;;;;;;;;;;;;+1;/p-1. The van der Waals surface area contributed by atoms with Crippen LogP contribution >= 0.6 is 149 Å². The van der Waals surface area contributed by atoms with Crippen LogP contribution in [0.2, 0.25) is 5.02 Å². The van der Waals surface area contributed by atoms with E-state index in [1.165, 1.54) is 72.4 Å². The summed E-state index contributed by atoms with van der Waals surface area (Å²) < 4.78 is 82.4. The molecule has 0 radical (unpaired) electrons. The quantitative estimate of drug-likeness (QED) is 0.00392. The first-order valence-corrected chi connectivity index (χ1v) is 46.5. The molecular formula is C94H115Br5Cl3F4LiN2O20S4. The van der Waals surface area contributed by atoms with Gasteiger partial charge in [-0.05, 0) is 234 Å². The van der Waals surface area contributed by atoms with Gasteiger partial charge in [-0.25, -0.2) is 31.4 Å². The van der Waals surface area contributed by atoms with Crippen LogP contribution in [0.3, 0.4) is 0 Å². The van der Waals surface area contributed by atoms with E-state index in [1.54, 1.807) is 100 Å². The number of nitrogens with two attached hydrogens (primary N) is 1. The molecule has 0 bridgehead atoms. The number of alkyl halides is 4. The number of aromatic carboxylic acids is 2. The molecule has 10 aromatic carbocycles. The van der Waals surface area contributed by atoms with Crippen molar-refractivity contribution in [3.8, 4) is 23.3 Å². The second-order valence-corrected chi connectivity index (χ2v) is 34.3. The van der Waals surface area contributed by atoms with Crippen molar-refractivity contribution in [3.63, 3.8) is 0 Å². The van der Waals surface area contributed by atoms with E-state index in [-0.39, 0.29) is 83.6 Å². The second kappa shape index (κ2) is 83.2. The molecule has 730 valence electrons. The summed E-state index contributed by atoms with van der Waals surface area (Å²) in [5, 5.41) is 76.0. The number of nitriles is 1. The van der Waals surface area contributed by atoms with E-state index < -0.39 is 91.3 Å². The van der Waals surface area contributed by atoms with Gasteiger partial charge in [-0.15, -0.1) is 23.5 Å². The number of hydrogen-bond donors (Lipinski definition) is 10. The second-order valence-electron chi connectivity index (χ2n) is 24.8. The third-order valence-electron chi connectivity index (χ3n) is 15.2. The summed E-state index contributed by atoms with van der Waals surface area (Å²) in [6.07, 6.45) is 1.38. The van der Waals surface area contributed by atoms with E-state index >= 15 is 0 Å². The summed E-state index contributed by atoms with van der Waals surface area (Å²) in [4.78, 5) is 67.9. The molecule has 0 saturated carbocycles. The average Bonchev–Trinajstić information content (AvgIpc) is 1.80. The number of anilines is 1. The molecule has 39 heteroatoms. The number of rotatable bonds is 24. The summed E-state index contributed by atoms with van der Waals surface area (Å²) >= 11 is 28.7. The number of nitrogen functional groups attached to an aromatic ring is 1. The van der Waals surface area contributed by atoms with Crippen molar-refractivity contribution in [3.05, 3.63) is 312 Å². The molecule has 0 spiro atoms. The monoisotopic (exact) mass is 2300 g/mol. The molecule has 1 heterocycles. The fraction of sp³-hybridized carbons (Fsp3) is 0.287. The molecule has 10 aromatic rings. The number of carboxylic acids is 2. The van der Waals surface area contributed by atoms with Crippen molar-refractivity contribution in [2.24, 2.45) is 0 Å². The molecule has 1 fully saturated rings. The molecule has 0 aliphatic carbocycles. The first-order valence-electron chi connectivity index (χ1n) is 36.4. The number of methoxy groups -OCH3 is 3. The number of thiol groups is 1. The Morgan fingerprint density at radius 1 is 0.511 bits per heavy atom. The number of hydrogen-bond acceptors (Lipinski definition) is 23. The zero-order chi connectivity index (χ0) is 95.4. The van der Waals surface area contributed by atoms with Crippen molar-refractivity contribution in [1.29, 1.82) is 5.26 Å². The van der Waals surface area contributed by atoms with E-state index in [1.807, 2.05) is 105 Å². The van der Waals surface area contributed by atoms with Crippen LogP contribution in [-0.2, 0) is 56.6 Å². The molecule has 133 heavy (non-hydrogen) atoms. The molecule has 1 saturated heterocycles. The molecule has 11 N–H and O–H groups in total. The Hall–Kier alpha value is -7.02. The van der Waals surface area contributed by atoms with E-state index in [0.717, 1.165) is 101 Å². The Bertz CT molecular complexity index is 4920. The number of ether oxygens (including phenoxy) is 4. The molecular weight excluding hydrogens is 2190 g/mol. The van der Waals surface area contributed by atoms with E-state index in [2.05, 4.69) is 114 Å². The Morgan fingerprint density at radius 2 is 0.805 bits per heavy atom. The zero-order valence-electron chi connectivity index (χ0n) is 70.3. The van der Waals surface area contributed by atoms with Gasteiger partial charge in [-0.2, -0.15) is 17.9 Å². The summed E-state index contributed by atoms with van der Waals surface area (Å²) in [6.45, 7) is 2.00. The fourth-order valence-corrected chi connectivity index (χ4v) is 14.4. The minimum absolute atomic E-state index is 0. The molecule has 1 aliphatic rings. The van der Waals surface area contributed by atoms with Crippen molar-refractivity contribution in [2.75, 3.05) is 67.2 Å². The Kier molecular flexibility index (Phi) is 88.4. The maximum absolute atomic E-state index is 12.9. The van der Waals surface area contributed by atoms with Gasteiger partial charge in [0.05, 0.1) is 43.5 Å². The normalized spacial score (nSPS) is 10.3. The van der Waals surface area contributed by atoms with Gasteiger partial charge in [0, 0.05) is 127 Å². The van der Waals surface area contributed by atoms with Gasteiger partial charge in [0.25, 0.3) is 0 Å². The summed E-state index contributed by atoms with van der Waals surface area (Å²) in [5.74, 6) is 0.943. The van der Waals surface area contributed by atoms with Crippen LogP contribution < -0.4 is 38.8 Å². The van der Waals surface area contributed by atoms with E-state index in [9.17, 15) is 46.3 Å². The van der Waals surface area contributed by atoms with Gasteiger partial charge in [0.2, 0.25) is 9.23 Å². The number of nitrogens with zero attached hydrogens (tertiary/aromatic N) is 1. The molecule has 0 aromatic heterocycles. The van der Waals surface area contributed by atoms with Crippen LogP contribution in [0.1, 0.15) is 169 Å². The third kappa shape index (κ3) is 63.2. The van der Waals surface area contributed by atoms with Crippen LogP contribution in [0.4, 0.5) is 23.2 Å². The van der Waals surface area contributed by atoms with Gasteiger partial charge >= 0.3 is 30.8 Å². The summed E-state index contributed by atoms with van der Waals surface area (Å²) in [7, 11) is 13.2. The number of ketones is 4. The maximum atomic E-state index is 12.9. The number of benzene rings is 10. The number of carbonyl (C=O) groups excluding carboxylic acids is 4. The van der Waals surface area contributed by atoms with Gasteiger partial charge < -0.3 is 71.0 Å². The van der Waals surface area contributed by atoms with Crippen molar-refractivity contribution < 1.29 is 135 Å². The predicted molar refractivity (Wildman–Crippen MR) is 548 cm³/mol. The van der Waals surface area contributed by atoms with Crippen molar-refractivity contribution in [2.45, 2.75) is 129 Å². The Morgan fingerprint density at radius 3 is 1.09 bits per heavy atom. The van der Waals surface area contributed by atoms with Crippen LogP contribution in [0.15, 0.2) is 228 Å². The Labute approximate surface area is 862 Å². The SMILES string of the molecule is C.C.C.C.C.CC#N.CO.COc1ccc(CS)cc1.COc1ccc(CSc2cc(CF)cc(C(=O)CO)c2)cc1.COc1ccc(CSc2cc(CF)cc(C(=O)O)c2)cc1.Cc1cc(Br)cc(C(=O)CO)c1.Cc1cc(Br)cc(C(=O)O)c1.Nc1ccc(F)c(Cl)c1.O=C(CO)c1cc(Br)cc(CBr)c1.O=C(CO)c1cc(Br)cc(CF)c1.O=S(Cl)Cl.OC1CCCO1.[Li+].[OH-]. The smallest absolute Gasteiger partial charge is 0.870 e. The minimum Gasteiger partial charge on any atom is -0.870 e. The van der Waals surface area contributed by atoms with E-state index in [4.69, 9.17) is 86.6 Å². The first kappa shape index (κ1) is 141. The number of carbonyl (C=O) groups is 6. The minimum atomic E-state index is -1.67. The third-order valence-corrected chi connectivity index (χ3v) is 20.5. The largest absolute Gasteiger partial charge is 1.00 e. The topological polar surface area (TPSA) is 398 Å². The number of halogens is 12. The van der Waals surface area contributed by atoms with Crippen molar-refractivity contribution >= 4 is 199 Å². The Balaban J connectivity index is -0.000000220. The fourth-order valence-electron chi connectivity index (χ4n) is 9.41. The number of thioether (sulfide) groups is 2.